The number of benzene rings is 1. The molecular weight excluding hydrogens is 306 g/mol. The monoisotopic (exact) mass is 316 g/mol. The van der Waals surface area contributed by atoms with Crippen molar-refractivity contribution in [1.82, 2.24) is 0 Å². The van der Waals surface area contributed by atoms with Crippen LogP contribution in [-0.2, 0) is 0 Å². The van der Waals surface area contributed by atoms with E-state index in [1.165, 1.54) is 11.3 Å². The summed E-state index contributed by atoms with van der Waals surface area (Å²) in [7, 11) is 0. The van der Waals surface area contributed by atoms with E-state index in [0.717, 1.165) is 10.9 Å². The smallest absolute Gasteiger partial charge is 0.251 e. The van der Waals surface area contributed by atoms with Crippen molar-refractivity contribution >= 4 is 34.5 Å². The summed E-state index contributed by atoms with van der Waals surface area (Å²) in [5.74, 6) is -2.72. The molecule has 1 unspecified atom stereocenters. The first kappa shape index (κ1) is 14.7. The van der Waals surface area contributed by atoms with Crippen LogP contribution in [0, 0.1) is 11.6 Å². The minimum atomic E-state index is -0.979. The fourth-order valence-electron chi connectivity index (χ4n) is 1.71. The normalized spacial score (nSPS) is 12.2. The number of hydrogen-bond acceptors (Lipinski definition) is 3. The lowest BCUT2D eigenvalue weighted by Gasteiger charge is -2.15. The topological polar surface area (TPSA) is 55.1 Å². The zero-order valence-electron chi connectivity index (χ0n) is 10.4. The molecule has 0 fully saturated rings. The predicted molar refractivity (Wildman–Crippen MR) is 76.2 cm³/mol. The molecule has 7 heteroatoms. The van der Waals surface area contributed by atoms with Gasteiger partial charge >= 0.3 is 0 Å². The number of thiophene rings is 1. The summed E-state index contributed by atoms with van der Waals surface area (Å²) >= 11 is 7.18. The van der Waals surface area contributed by atoms with Gasteiger partial charge in [0.2, 0.25) is 0 Å². The quantitative estimate of drug-likeness (QED) is 0.897. The van der Waals surface area contributed by atoms with Gasteiger partial charge in [-0.3, -0.25) is 4.79 Å². The van der Waals surface area contributed by atoms with E-state index in [0.29, 0.717) is 10.4 Å². The first-order valence-corrected chi connectivity index (χ1v) is 6.88. The maximum absolute atomic E-state index is 13.7. The number of rotatable bonds is 4. The van der Waals surface area contributed by atoms with Crippen molar-refractivity contribution in [3.63, 3.8) is 0 Å². The van der Waals surface area contributed by atoms with Crippen LogP contribution < -0.4 is 11.1 Å². The second kappa shape index (κ2) is 5.76. The van der Waals surface area contributed by atoms with Crippen molar-refractivity contribution < 1.29 is 13.6 Å². The molecule has 1 aromatic carbocycles. The molecule has 1 atom stereocenters. The van der Waals surface area contributed by atoms with E-state index in [1.807, 2.05) is 0 Å². The van der Waals surface area contributed by atoms with Gasteiger partial charge in [0.25, 0.3) is 5.91 Å². The SMILES string of the molecule is CC(Nc1cc(C(N)=O)c(F)cc1F)c1ccc(Cl)s1. The van der Waals surface area contributed by atoms with Gasteiger partial charge in [0.15, 0.2) is 0 Å². The zero-order valence-corrected chi connectivity index (χ0v) is 12.0. The fourth-order valence-corrected chi connectivity index (χ4v) is 2.78. The molecule has 1 amide bonds. The zero-order chi connectivity index (χ0) is 14.9. The van der Waals surface area contributed by atoms with E-state index in [-0.39, 0.29) is 17.3 Å². The number of nitrogens with one attached hydrogen (secondary N) is 1. The summed E-state index contributed by atoms with van der Waals surface area (Å²) in [6, 6.07) is 5.00. The van der Waals surface area contributed by atoms with Gasteiger partial charge in [0, 0.05) is 10.9 Å². The van der Waals surface area contributed by atoms with Gasteiger partial charge in [0.05, 0.1) is 21.6 Å². The van der Waals surface area contributed by atoms with Gasteiger partial charge in [-0.2, -0.15) is 0 Å². The summed E-state index contributed by atoms with van der Waals surface area (Å²) in [6.45, 7) is 1.80. The molecule has 0 radical (unpaired) electrons. The summed E-state index contributed by atoms with van der Waals surface area (Å²) in [4.78, 5) is 11.9. The first-order chi connectivity index (χ1) is 9.38. The largest absolute Gasteiger partial charge is 0.375 e. The van der Waals surface area contributed by atoms with Gasteiger partial charge in [-0.05, 0) is 25.1 Å². The molecule has 3 N–H and O–H groups in total. The summed E-state index contributed by atoms with van der Waals surface area (Å²) in [5, 5.41) is 2.86. The highest BCUT2D eigenvalue weighted by atomic mass is 35.5. The highest BCUT2D eigenvalue weighted by molar-refractivity contribution is 7.16. The molecule has 0 aliphatic rings. The Morgan fingerprint density at radius 3 is 2.60 bits per heavy atom. The Labute approximate surface area is 123 Å². The van der Waals surface area contributed by atoms with Crippen LogP contribution in [0.2, 0.25) is 4.34 Å². The summed E-state index contributed by atoms with van der Waals surface area (Å²) < 4.78 is 27.7. The van der Waals surface area contributed by atoms with Gasteiger partial charge in [-0.15, -0.1) is 11.3 Å². The third-order valence-electron chi connectivity index (χ3n) is 2.71. The molecule has 0 bridgehead atoms. The molecule has 3 nitrogen and oxygen atoms in total. The van der Waals surface area contributed by atoms with Crippen LogP contribution in [0.25, 0.3) is 0 Å². The standard InChI is InChI=1S/C13H11ClF2N2OS/c1-6(11-2-3-12(14)20-11)18-10-4-7(13(17)19)8(15)5-9(10)16/h2-6,18H,1H3,(H2,17,19). The number of nitrogens with two attached hydrogens (primary N) is 1. The lowest BCUT2D eigenvalue weighted by molar-refractivity contribution is 0.0996. The van der Waals surface area contributed by atoms with Crippen molar-refractivity contribution in [2.24, 2.45) is 5.73 Å². The molecule has 20 heavy (non-hydrogen) atoms. The third kappa shape index (κ3) is 3.08. The first-order valence-electron chi connectivity index (χ1n) is 5.69. The highest BCUT2D eigenvalue weighted by Gasteiger charge is 2.16. The van der Waals surface area contributed by atoms with Gasteiger partial charge in [-0.25, -0.2) is 8.78 Å². The number of carbonyl (C=O) groups excluding carboxylic acids is 1. The Balaban J connectivity index is 2.29. The molecule has 2 rings (SSSR count). The van der Waals surface area contributed by atoms with Crippen molar-refractivity contribution in [3.8, 4) is 0 Å². The molecule has 1 aromatic heterocycles. The Hall–Kier alpha value is -1.66. The van der Waals surface area contributed by atoms with Gasteiger partial charge < -0.3 is 11.1 Å². The fraction of sp³-hybridized carbons (Fsp3) is 0.154. The van der Waals surface area contributed by atoms with Crippen molar-refractivity contribution in [3.05, 3.63) is 50.7 Å². The average molecular weight is 317 g/mol. The highest BCUT2D eigenvalue weighted by Crippen LogP contribution is 2.30. The molecule has 0 saturated carbocycles. The average Bonchev–Trinajstić information content (AvgIpc) is 2.79. The Morgan fingerprint density at radius 2 is 2.05 bits per heavy atom. The van der Waals surface area contributed by atoms with Crippen LogP contribution >= 0.6 is 22.9 Å². The molecule has 2 aromatic rings. The predicted octanol–water partition coefficient (Wildman–Crippen LogP) is 3.95. The number of anilines is 1. The van der Waals surface area contributed by atoms with Crippen molar-refractivity contribution in [2.45, 2.75) is 13.0 Å². The minimum absolute atomic E-state index is 0.0113. The lowest BCUT2D eigenvalue weighted by Crippen LogP contribution is -2.15. The van der Waals surface area contributed by atoms with Crippen LogP contribution in [0.4, 0.5) is 14.5 Å². The molecule has 0 aliphatic heterocycles. The van der Waals surface area contributed by atoms with Crippen LogP contribution in [-0.4, -0.2) is 5.91 Å². The Kier molecular flexibility index (Phi) is 4.25. The maximum atomic E-state index is 13.7. The number of primary amides is 1. The molecule has 0 aliphatic carbocycles. The van der Waals surface area contributed by atoms with E-state index in [4.69, 9.17) is 17.3 Å². The van der Waals surface area contributed by atoms with E-state index >= 15 is 0 Å². The molecule has 1 heterocycles. The molecular formula is C13H11ClF2N2OS. The Morgan fingerprint density at radius 1 is 1.35 bits per heavy atom. The van der Waals surface area contributed by atoms with Crippen LogP contribution in [0.15, 0.2) is 24.3 Å². The van der Waals surface area contributed by atoms with E-state index in [1.54, 1.807) is 19.1 Å². The van der Waals surface area contributed by atoms with Crippen LogP contribution in [0.3, 0.4) is 0 Å². The third-order valence-corrected chi connectivity index (χ3v) is 4.13. The lowest BCUT2D eigenvalue weighted by atomic mass is 10.1. The molecule has 0 saturated heterocycles. The minimum Gasteiger partial charge on any atom is -0.375 e. The van der Waals surface area contributed by atoms with E-state index in [9.17, 15) is 13.6 Å². The number of carbonyl (C=O) groups is 1. The second-order valence-corrected chi connectivity index (χ2v) is 5.93. The van der Waals surface area contributed by atoms with Gasteiger partial charge in [-0.1, -0.05) is 11.6 Å². The Bertz CT molecular complexity index is 660. The van der Waals surface area contributed by atoms with E-state index in [2.05, 4.69) is 5.32 Å². The molecule has 0 spiro atoms. The number of halogens is 3. The molecule has 106 valence electrons. The van der Waals surface area contributed by atoms with Crippen molar-refractivity contribution in [1.29, 1.82) is 0 Å². The maximum Gasteiger partial charge on any atom is 0.251 e. The van der Waals surface area contributed by atoms with E-state index < -0.39 is 17.5 Å². The summed E-state index contributed by atoms with van der Waals surface area (Å²) in [5.41, 5.74) is 4.69. The van der Waals surface area contributed by atoms with Crippen molar-refractivity contribution in [2.75, 3.05) is 5.32 Å². The summed E-state index contributed by atoms with van der Waals surface area (Å²) in [6.07, 6.45) is 0. The number of hydrogen-bond donors (Lipinski definition) is 2. The number of amides is 1. The van der Waals surface area contributed by atoms with Crippen LogP contribution in [0.1, 0.15) is 28.2 Å². The van der Waals surface area contributed by atoms with Gasteiger partial charge in [0.1, 0.15) is 11.6 Å². The second-order valence-electron chi connectivity index (χ2n) is 4.18. The van der Waals surface area contributed by atoms with Crippen LogP contribution in [0.5, 0.6) is 0 Å².